The molecule has 1 saturated heterocycles. The van der Waals surface area contributed by atoms with Crippen LogP contribution in [0.25, 0.3) is 0 Å². The Labute approximate surface area is 259 Å². The average Bonchev–Trinajstić information content (AvgIpc) is 3.45. The van der Waals surface area contributed by atoms with Crippen LogP contribution in [-0.4, -0.2) is 124 Å². The second kappa shape index (κ2) is 19.0. The number of carboxylic acid groups (broad SMARTS) is 2. The average molecular weight is 644 g/mol. The normalized spacial score (nSPS) is 16.9. The van der Waals surface area contributed by atoms with Crippen LogP contribution in [0.3, 0.4) is 0 Å². The lowest BCUT2D eigenvalue weighted by Gasteiger charge is -2.27. The Morgan fingerprint density at radius 1 is 0.933 bits per heavy atom. The summed E-state index contributed by atoms with van der Waals surface area (Å²) in [7, 11) is 0. The summed E-state index contributed by atoms with van der Waals surface area (Å²) in [6.45, 7) is 2.32. The number of aliphatic hydroxyl groups excluding tert-OH is 1. The highest BCUT2D eigenvalue weighted by molar-refractivity contribution is 5.96. The predicted octanol–water partition coefficient (Wildman–Crippen LogP) is -4.47. The molecule has 254 valence electrons. The van der Waals surface area contributed by atoms with Crippen LogP contribution in [0.4, 0.5) is 0 Å². The molecule has 19 nitrogen and oxygen atoms in total. The van der Waals surface area contributed by atoms with Crippen LogP contribution in [0, 0.1) is 5.92 Å². The molecule has 0 bridgehead atoms. The van der Waals surface area contributed by atoms with Crippen LogP contribution in [0.2, 0.25) is 0 Å². The van der Waals surface area contributed by atoms with E-state index in [9.17, 15) is 48.9 Å². The Hall–Kier alpha value is -4.52. The first-order valence-electron chi connectivity index (χ1n) is 14.4. The van der Waals surface area contributed by atoms with Crippen molar-refractivity contribution < 1.29 is 48.9 Å². The molecule has 1 fully saturated rings. The summed E-state index contributed by atoms with van der Waals surface area (Å²) < 4.78 is 0. The molecule has 13 N–H and O–H groups in total. The number of nitrogens with zero attached hydrogens (tertiary/aromatic N) is 2. The maximum absolute atomic E-state index is 12.9. The van der Waals surface area contributed by atoms with E-state index in [4.69, 9.17) is 17.2 Å². The highest BCUT2D eigenvalue weighted by Gasteiger charge is 2.38. The summed E-state index contributed by atoms with van der Waals surface area (Å²) in [6.07, 6.45) is 0.357. The fraction of sp³-hybridized carbons (Fsp3) is 0.692. The van der Waals surface area contributed by atoms with Crippen LogP contribution in [0.1, 0.15) is 52.4 Å². The number of carboxylic acids is 2. The van der Waals surface area contributed by atoms with E-state index in [-0.39, 0.29) is 44.2 Å². The number of aliphatic imine (C=N–C) groups is 1. The lowest BCUT2D eigenvalue weighted by atomic mass is 10.0. The monoisotopic (exact) mass is 643 g/mol. The summed E-state index contributed by atoms with van der Waals surface area (Å²) in [5, 5.41) is 37.4. The SMILES string of the molecule is CC(C)CC(N)C(=O)NC(CCCN=C(N)N)C(=O)NCC(=O)NC(CC(=O)O)C(=O)NC(CO)C(=O)N1CCCC1C(=O)O. The number of carbonyl (C=O) groups is 7. The Kier molecular flexibility index (Phi) is 16.3. The molecule has 5 amide bonds. The smallest absolute Gasteiger partial charge is 0.326 e. The number of amides is 5. The van der Waals surface area contributed by atoms with E-state index in [1.165, 1.54) is 0 Å². The van der Waals surface area contributed by atoms with Gasteiger partial charge in [-0.1, -0.05) is 13.8 Å². The molecule has 0 spiro atoms. The first-order valence-corrected chi connectivity index (χ1v) is 14.4. The van der Waals surface area contributed by atoms with Gasteiger partial charge >= 0.3 is 11.9 Å². The van der Waals surface area contributed by atoms with E-state index in [0.29, 0.717) is 12.8 Å². The van der Waals surface area contributed by atoms with Crippen molar-refractivity contribution in [3.05, 3.63) is 0 Å². The number of likely N-dealkylation sites (tertiary alicyclic amines) is 1. The molecule has 5 atom stereocenters. The van der Waals surface area contributed by atoms with Crippen molar-refractivity contribution in [2.45, 2.75) is 82.6 Å². The van der Waals surface area contributed by atoms with Gasteiger partial charge in [0.1, 0.15) is 24.2 Å². The molecular weight excluding hydrogens is 598 g/mol. The molecule has 0 aromatic carbocycles. The molecule has 0 aliphatic carbocycles. The van der Waals surface area contributed by atoms with E-state index in [1.807, 2.05) is 13.8 Å². The first kappa shape index (κ1) is 38.5. The summed E-state index contributed by atoms with van der Waals surface area (Å²) >= 11 is 0. The Balaban J connectivity index is 2.89. The zero-order chi connectivity index (χ0) is 34.3. The maximum atomic E-state index is 12.9. The fourth-order valence-electron chi connectivity index (χ4n) is 4.53. The molecule has 0 radical (unpaired) electrons. The summed E-state index contributed by atoms with van der Waals surface area (Å²) in [5.41, 5.74) is 16.5. The van der Waals surface area contributed by atoms with E-state index < -0.39 is 91.3 Å². The Morgan fingerprint density at radius 3 is 2.13 bits per heavy atom. The third kappa shape index (κ3) is 13.8. The van der Waals surface area contributed by atoms with Crippen LogP contribution in [0.5, 0.6) is 0 Å². The standard InChI is InChI=1S/C26H45N9O10/c1-13(2)9-14(27)21(40)33-15(5-3-7-30-26(28)29)22(41)31-11-19(37)32-16(10-20(38)39)23(42)34-17(12-36)24(43)35-8-4-6-18(35)25(44)45/h13-18,36H,3-12,27H2,1-2H3,(H,31,41)(H,32,37)(H,33,40)(H,34,42)(H,38,39)(H,44,45)(H4,28,29,30). The van der Waals surface area contributed by atoms with Gasteiger partial charge in [-0.3, -0.25) is 33.8 Å². The van der Waals surface area contributed by atoms with Crippen LogP contribution >= 0.6 is 0 Å². The quantitative estimate of drug-likeness (QED) is 0.0361. The topological polar surface area (TPSA) is 322 Å². The number of carbonyl (C=O) groups excluding carboxylic acids is 5. The van der Waals surface area contributed by atoms with Crippen molar-refractivity contribution in [2.75, 3.05) is 26.2 Å². The van der Waals surface area contributed by atoms with Gasteiger partial charge in [-0.25, -0.2) is 4.79 Å². The second-order valence-corrected chi connectivity index (χ2v) is 11.0. The van der Waals surface area contributed by atoms with E-state index in [1.54, 1.807) is 0 Å². The molecule has 1 rings (SSSR count). The number of nitrogens with one attached hydrogen (secondary N) is 4. The van der Waals surface area contributed by atoms with Crippen molar-refractivity contribution in [1.29, 1.82) is 0 Å². The van der Waals surface area contributed by atoms with Crippen molar-refractivity contribution in [2.24, 2.45) is 28.1 Å². The molecule has 0 aromatic heterocycles. The van der Waals surface area contributed by atoms with Crippen molar-refractivity contribution in [3.63, 3.8) is 0 Å². The van der Waals surface area contributed by atoms with E-state index in [2.05, 4.69) is 26.3 Å². The minimum absolute atomic E-state index is 0.0742. The van der Waals surface area contributed by atoms with Crippen LogP contribution < -0.4 is 38.5 Å². The lowest BCUT2D eigenvalue weighted by Crippen LogP contribution is -2.58. The van der Waals surface area contributed by atoms with Gasteiger partial charge in [0.2, 0.25) is 29.5 Å². The second-order valence-electron chi connectivity index (χ2n) is 11.0. The van der Waals surface area contributed by atoms with Crippen molar-refractivity contribution in [1.82, 2.24) is 26.2 Å². The molecule has 1 heterocycles. The van der Waals surface area contributed by atoms with Gasteiger partial charge in [0, 0.05) is 13.1 Å². The number of aliphatic carboxylic acids is 2. The molecule has 0 saturated carbocycles. The van der Waals surface area contributed by atoms with Gasteiger partial charge in [-0.15, -0.1) is 0 Å². The summed E-state index contributed by atoms with van der Waals surface area (Å²) in [5.74, 6) is -7.17. The minimum Gasteiger partial charge on any atom is -0.481 e. The van der Waals surface area contributed by atoms with Crippen LogP contribution in [0.15, 0.2) is 4.99 Å². The summed E-state index contributed by atoms with van der Waals surface area (Å²) in [4.78, 5) is 91.4. The maximum Gasteiger partial charge on any atom is 0.326 e. The Bertz CT molecular complexity index is 1110. The molecule has 19 heteroatoms. The Morgan fingerprint density at radius 2 is 1.58 bits per heavy atom. The highest BCUT2D eigenvalue weighted by atomic mass is 16.4. The third-order valence-electron chi connectivity index (χ3n) is 6.71. The van der Waals surface area contributed by atoms with Gasteiger partial charge in [-0.2, -0.15) is 0 Å². The number of guanidine groups is 1. The minimum atomic E-state index is -1.73. The van der Waals surface area contributed by atoms with Crippen molar-refractivity contribution in [3.8, 4) is 0 Å². The van der Waals surface area contributed by atoms with Crippen LogP contribution in [-0.2, 0) is 33.6 Å². The molecule has 5 unspecified atom stereocenters. The first-order chi connectivity index (χ1) is 21.1. The highest BCUT2D eigenvalue weighted by Crippen LogP contribution is 2.18. The number of rotatable bonds is 19. The molecular formula is C26H45N9O10. The zero-order valence-corrected chi connectivity index (χ0v) is 25.4. The molecule has 45 heavy (non-hydrogen) atoms. The number of hydrogen-bond acceptors (Lipinski definition) is 10. The predicted molar refractivity (Wildman–Crippen MR) is 158 cm³/mol. The van der Waals surface area contributed by atoms with E-state index in [0.717, 1.165) is 4.90 Å². The van der Waals surface area contributed by atoms with Gasteiger partial charge < -0.3 is 58.7 Å². The van der Waals surface area contributed by atoms with Gasteiger partial charge in [0.05, 0.1) is 25.6 Å². The number of aliphatic hydroxyl groups is 1. The lowest BCUT2D eigenvalue weighted by molar-refractivity contribution is -0.150. The zero-order valence-electron chi connectivity index (χ0n) is 25.4. The van der Waals surface area contributed by atoms with E-state index >= 15 is 0 Å². The number of nitrogens with two attached hydrogens (primary N) is 3. The largest absolute Gasteiger partial charge is 0.481 e. The third-order valence-corrected chi connectivity index (χ3v) is 6.71. The van der Waals surface area contributed by atoms with Crippen molar-refractivity contribution >= 4 is 47.4 Å². The number of hydrogen-bond donors (Lipinski definition) is 10. The molecule has 0 aromatic rings. The fourth-order valence-corrected chi connectivity index (χ4v) is 4.53. The summed E-state index contributed by atoms with van der Waals surface area (Å²) in [6, 6.07) is -6.51. The van der Waals surface area contributed by atoms with Gasteiger partial charge in [-0.05, 0) is 38.0 Å². The molecule has 1 aliphatic rings. The molecule has 1 aliphatic heterocycles. The van der Waals surface area contributed by atoms with Gasteiger partial charge in [0.25, 0.3) is 0 Å². The van der Waals surface area contributed by atoms with Gasteiger partial charge in [0.15, 0.2) is 5.96 Å².